The third-order valence-corrected chi connectivity index (χ3v) is 3.17. The Hall–Kier alpha value is -2.76. The fraction of sp³-hybridized carbons (Fsp3) is 0.125. The van der Waals surface area contributed by atoms with Gasteiger partial charge in [0.2, 0.25) is 6.41 Å². The number of carboxylic acids is 1. The Morgan fingerprint density at radius 2 is 1.91 bits per heavy atom. The van der Waals surface area contributed by atoms with Crippen molar-refractivity contribution in [1.82, 2.24) is 5.32 Å². The van der Waals surface area contributed by atoms with E-state index in [1.165, 1.54) is 12.1 Å². The summed E-state index contributed by atoms with van der Waals surface area (Å²) in [6.45, 7) is 0.179. The summed E-state index contributed by atoms with van der Waals surface area (Å²) < 4.78 is 26.8. The number of carbonyl (C=O) groups excluding carboxylic acids is 1. The van der Waals surface area contributed by atoms with Gasteiger partial charge in [-0.25, -0.2) is 8.78 Å². The molecule has 0 aromatic heterocycles. The number of amides is 1. The van der Waals surface area contributed by atoms with Crippen molar-refractivity contribution in [2.45, 2.75) is 13.0 Å². The molecule has 0 heterocycles. The molecule has 0 aliphatic rings. The van der Waals surface area contributed by atoms with Crippen LogP contribution in [0.25, 0.3) is 11.1 Å². The molecule has 2 aromatic rings. The normalized spacial score (nSPS) is 10.3. The van der Waals surface area contributed by atoms with Crippen LogP contribution in [0.3, 0.4) is 0 Å². The molecule has 1 amide bonds. The first-order chi connectivity index (χ1) is 10.5. The highest BCUT2D eigenvalue weighted by Crippen LogP contribution is 2.26. The SMILES string of the molecule is O=CNCc1ccc(-c2ccc(F)cc2F)cc1CC(=O)O. The van der Waals surface area contributed by atoms with Crippen LogP contribution in [-0.2, 0) is 22.6 Å². The van der Waals surface area contributed by atoms with Crippen LogP contribution in [0.4, 0.5) is 8.78 Å². The standard InChI is InChI=1S/C16H13F2NO3/c17-13-3-4-14(15(18)7-13)10-1-2-11(8-19-9-20)12(5-10)6-16(21)22/h1-5,7,9H,6,8H2,(H,19,20)(H,21,22). The maximum Gasteiger partial charge on any atom is 0.307 e. The third kappa shape index (κ3) is 3.66. The van der Waals surface area contributed by atoms with Crippen LogP contribution in [0.2, 0.25) is 0 Å². The molecule has 0 bridgehead atoms. The van der Waals surface area contributed by atoms with E-state index < -0.39 is 17.6 Å². The average Bonchev–Trinajstić information content (AvgIpc) is 2.45. The molecular formula is C16H13F2NO3. The smallest absolute Gasteiger partial charge is 0.307 e. The fourth-order valence-electron chi connectivity index (χ4n) is 2.17. The van der Waals surface area contributed by atoms with E-state index in [4.69, 9.17) is 5.11 Å². The molecule has 0 saturated carbocycles. The van der Waals surface area contributed by atoms with Crippen molar-refractivity contribution in [2.75, 3.05) is 0 Å². The number of aliphatic carboxylic acids is 1. The summed E-state index contributed by atoms with van der Waals surface area (Å²) in [5.74, 6) is -2.44. The van der Waals surface area contributed by atoms with Gasteiger partial charge >= 0.3 is 5.97 Å². The second-order valence-corrected chi connectivity index (χ2v) is 4.68. The number of carbonyl (C=O) groups is 2. The Balaban J connectivity index is 2.44. The average molecular weight is 305 g/mol. The molecule has 6 heteroatoms. The zero-order valence-electron chi connectivity index (χ0n) is 11.5. The van der Waals surface area contributed by atoms with E-state index in [-0.39, 0.29) is 18.5 Å². The molecule has 0 saturated heterocycles. The summed E-state index contributed by atoms with van der Waals surface area (Å²) in [4.78, 5) is 21.3. The molecule has 0 radical (unpaired) electrons. The van der Waals surface area contributed by atoms with Gasteiger partial charge in [0, 0.05) is 18.2 Å². The van der Waals surface area contributed by atoms with Gasteiger partial charge in [0.15, 0.2) is 0 Å². The second kappa shape index (κ2) is 6.80. The van der Waals surface area contributed by atoms with E-state index >= 15 is 0 Å². The molecule has 0 spiro atoms. The van der Waals surface area contributed by atoms with Gasteiger partial charge in [-0.15, -0.1) is 0 Å². The number of benzene rings is 2. The fourth-order valence-corrected chi connectivity index (χ4v) is 2.17. The topological polar surface area (TPSA) is 66.4 Å². The molecule has 2 rings (SSSR count). The van der Waals surface area contributed by atoms with Crippen molar-refractivity contribution in [3.8, 4) is 11.1 Å². The first-order valence-electron chi connectivity index (χ1n) is 6.47. The van der Waals surface area contributed by atoms with Crippen LogP contribution in [0.1, 0.15) is 11.1 Å². The van der Waals surface area contributed by atoms with Gasteiger partial charge in [-0.05, 0) is 28.8 Å². The predicted molar refractivity (Wildman–Crippen MR) is 76.0 cm³/mol. The summed E-state index contributed by atoms with van der Waals surface area (Å²) in [5.41, 5.74) is 1.72. The Morgan fingerprint density at radius 1 is 1.14 bits per heavy atom. The van der Waals surface area contributed by atoms with Gasteiger partial charge in [0.1, 0.15) is 11.6 Å². The Morgan fingerprint density at radius 3 is 2.55 bits per heavy atom. The third-order valence-electron chi connectivity index (χ3n) is 3.17. The van der Waals surface area contributed by atoms with Gasteiger partial charge < -0.3 is 10.4 Å². The molecule has 0 unspecified atom stereocenters. The van der Waals surface area contributed by atoms with Gasteiger partial charge in [-0.2, -0.15) is 0 Å². The molecule has 0 aliphatic heterocycles. The lowest BCUT2D eigenvalue weighted by Gasteiger charge is -2.11. The Kier molecular flexibility index (Phi) is 4.83. The summed E-state index contributed by atoms with van der Waals surface area (Å²) in [6, 6.07) is 7.96. The zero-order chi connectivity index (χ0) is 16.1. The van der Waals surface area contributed by atoms with Crippen molar-refractivity contribution in [1.29, 1.82) is 0 Å². The van der Waals surface area contributed by atoms with Crippen LogP contribution in [0.5, 0.6) is 0 Å². The summed E-state index contributed by atoms with van der Waals surface area (Å²) >= 11 is 0. The number of hydrogen-bond donors (Lipinski definition) is 2. The van der Waals surface area contributed by atoms with Crippen molar-refractivity contribution in [3.63, 3.8) is 0 Å². The van der Waals surface area contributed by atoms with Crippen molar-refractivity contribution < 1.29 is 23.5 Å². The van der Waals surface area contributed by atoms with Gasteiger partial charge in [0.05, 0.1) is 6.42 Å². The van der Waals surface area contributed by atoms with Gasteiger partial charge in [0.25, 0.3) is 0 Å². The van der Waals surface area contributed by atoms with Crippen LogP contribution in [0.15, 0.2) is 36.4 Å². The largest absolute Gasteiger partial charge is 0.481 e. The van der Waals surface area contributed by atoms with E-state index in [0.29, 0.717) is 23.1 Å². The zero-order valence-corrected chi connectivity index (χ0v) is 11.5. The molecule has 2 N–H and O–H groups in total. The van der Waals surface area contributed by atoms with Crippen molar-refractivity contribution >= 4 is 12.4 Å². The molecule has 4 nitrogen and oxygen atoms in total. The molecule has 22 heavy (non-hydrogen) atoms. The minimum absolute atomic E-state index is 0.179. The van der Waals surface area contributed by atoms with E-state index in [2.05, 4.69) is 5.32 Å². The highest BCUT2D eigenvalue weighted by Gasteiger charge is 2.12. The number of rotatable bonds is 6. The second-order valence-electron chi connectivity index (χ2n) is 4.68. The van der Waals surface area contributed by atoms with Crippen molar-refractivity contribution in [3.05, 3.63) is 59.2 Å². The summed E-state index contributed by atoms with van der Waals surface area (Å²) in [5, 5.41) is 11.4. The van der Waals surface area contributed by atoms with Crippen LogP contribution in [0, 0.1) is 11.6 Å². The Bertz CT molecular complexity index is 717. The minimum atomic E-state index is -1.04. The Labute approximate surface area is 125 Å². The van der Waals surface area contributed by atoms with Crippen LogP contribution >= 0.6 is 0 Å². The maximum absolute atomic E-state index is 13.8. The van der Waals surface area contributed by atoms with Crippen LogP contribution < -0.4 is 5.32 Å². The molecule has 114 valence electrons. The number of hydrogen-bond acceptors (Lipinski definition) is 2. The summed E-state index contributed by atoms with van der Waals surface area (Å²) in [6.07, 6.45) is 0.255. The highest BCUT2D eigenvalue weighted by atomic mass is 19.1. The maximum atomic E-state index is 13.8. The monoisotopic (exact) mass is 305 g/mol. The molecule has 2 aromatic carbocycles. The van der Waals surface area contributed by atoms with E-state index in [9.17, 15) is 18.4 Å². The van der Waals surface area contributed by atoms with Crippen LogP contribution in [-0.4, -0.2) is 17.5 Å². The molecule has 0 aliphatic carbocycles. The lowest BCUT2D eigenvalue weighted by Crippen LogP contribution is -2.13. The van der Waals surface area contributed by atoms with Gasteiger partial charge in [-0.1, -0.05) is 18.2 Å². The lowest BCUT2D eigenvalue weighted by atomic mass is 9.97. The minimum Gasteiger partial charge on any atom is -0.481 e. The predicted octanol–water partition coefficient (Wildman–Crippen LogP) is 2.50. The van der Waals surface area contributed by atoms with Crippen molar-refractivity contribution in [2.24, 2.45) is 0 Å². The van der Waals surface area contributed by atoms with Gasteiger partial charge in [-0.3, -0.25) is 9.59 Å². The first-order valence-corrected chi connectivity index (χ1v) is 6.47. The quantitative estimate of drug-likeness (QED) is 0.806. The first kappa shape index (κ1) is 15.6. The number of carboxylic acid groups (broad SMARTS) is 1. The number of nitrogens with one attached hydrogen (secondary N) is 1. The summed E-state index contributed by atoms with van der Waals surface area (Å²) in [7, 11) is 0. The highest BCUT2D eigenvalue weighted by molar-refractivity contribution is 5.73. The molecular weight excluding hydrogens is 292 g/mol. The lowest BCUT2D eigenvalue weighted by molar-refractivity contribution is -0.136. The van der Waals surface area contributed by atoms with E-state index in [1.807, 2.05) is 0 Å². The molecule has 0 atom stereocenters. The van der Waals surface area contributed by atoms with E-state index in [1.54, 1.807) is 12.1 Å². The van der Waals surface area contributed by atoms with E-state index in [0.717, 1.165) is 12.1 Å². The number of halogens is 2. The molecule has 0 fully saturated rings.